The summed E-state index contributed by atoms with van der Waals surface area (Å²) in [6.45, 7) is 4.06. The zero-order valence-electron chi connectivity index (χ0n) is 16.3. The van der Waals surface area contributed by atoms with E-state index in [4.69, 9.17) is 25.8 Å². The second-order valence-corrected chi connectivity index (χ2v) is 10.8. The molecule has 0 unspecified atom stereocenters. The minimum absolute atomic E-state index is 0.0944. The smallest absolute Gasteiger partial charge is 0.337 e. The third kappa shape index (κ3) is 5.17. The highest BCUT2D eigenvalue weighted by atomic mass is 35.5. The summed E-state index contributed by atoms with van der Waals surface area (Å²) >= 11 is 6.96. The monoisotopic (exact) mass is 459 g/mol. The van der Waals surface area contributed by atoms with Crippen LogP contribution < -0.4 is 0 Å². The molecule has 0 aliphatic carbocycles. The van der Waals surface area contributed by atoms with Crippen molar-refractivity contribution in [2.45, 2.75) is 36.4 Å². The molecule has 1 aromatic carbocycles. The number of carbonyl (C=O) groups is 1. The topological polar surface area (TPSA) is 82.1 Å². The lowest BCUT2D eigenvalue weighted by molar-refractivity contribution is -0.259. The average Bonchev–Trinajstić information content (AvgIpc) is 3.13. The zero-order chi connectivity index (χ0) is 21.2. The number of carbonyl (C=O) groups excluding carboxylic acids is 1. The van der Waals surface area contributed by atoms with Gasteiger partial charge in [-0.3, -0.25) is 0 Å². The molecular formula is C19H22ClNO6S2. The number of sulfonamides is 1. The molecule has 1 aromatic heterocycles. The molecule has 10 heteroatoms. The fourth-order valence-corrected chi connectivity index (χ4v) is 6.05. The first-order valence-corrected chi connectivity index (χ1v) is 11.5. The molecule has 0 saturated carbocycles. The predicted molar refractivity (Wildman–Crippen MR) is 110 cm³/mol. The lowest BCUT2D eigenvalue weighted by atomic mass is 10.1. The summed E-state index contributed by atoms with van der Waals surface area (Å²) in [5.41, 5.74) is 1.11. The normalized spacial score (nSPS) is 17.4. The summed E-state index contributed by atoms with van der Waals surface area (Å²) in [6.07, 6.45) is 0. The highest BCUT2D eigenvalue weighted by Gasteiger charge is 2.38. The van der Waals surface area contributed by atoms with Crippen LogP contribution in [0.3, 0.4) is 0 Å². The summed E-state index contributed by atoms with van der Waals surface area (Å²) in [5.74, 6) is -1.22. The van der Waals surface area contributed by atoms with E-state index in [1.165, 1.54) is 17.5 Å². The molecule has 0 atom stereocenters. The third-order valence-corrected chi connectivity index (χ3v) is 8.08. The van der Waals surface area contributed by atoms with E-state index in [1.807, 2.05) is 0 Å². The van der Waals surface area contributed by atoms with Crippen LogP contribution in [-0.2, 0) is 30.8 Å². The second kappa shape index (κ2) is 8.71. The van der Waals surface area contributed by atoms with Crippen molar-refractivity contribution >= 4 is 38.9 Å². The minimum atomic E-state index is -3.83. The van der Waals surface area contributed by atoms with Gasteiger partial charge in [0.25, 0.3) is 10.0 Å². The van der Waals surface area contributed by atoms with Crippen molar-refractivity contribution in [1.82, 2.24) is 4.31 Å². The van der Waals surface area contributed by atoms with E-state index in [9.17, 15) is 13.2 Å². The van der Waals surface area contributed by atoms with Gasteiger partial charge in [-0.15, -0.1) is 11.3 Å². The number of nitrogens with zero attached hydrogens (tertiary/aromatic N) is 1. The van der Waals surface area contributed by atoms with Crippen molar-refractivity contribution in [2.75, 3.05) is 20.3 Å². The third-order valence-electron chi connectivity index (χ3n) is 4.48. The molecule has 158 valence electrons. The van der Waals surface area contributed by atoms with Gasteiger partial charge in [-0.25, -0.2) is 13.2 Å². The number of esters is 1. The average molecular weight is 460 g/mol. The van der Waals surface area contributed by atoms with Gasteiger partial charge in [0, 0.05) is 6.54 Å². The lowest BCUT2D eigenvalue weighted by Crippen LogP contribution is -2.51. The van der Waals surface area contributed by atoms with Gasteiger partial charge >= 0.3 is 5.97 Å². The van der Waals surface area contributed by atoms with Crippen LogP contribution in [0.1, 0.15) is 29.8 Å². The van der Waals surface area contributed by atoms with Crippen LogP contribution in [0, 0.1) is 0 Å². The van der Waals surface area contributed by atoms with E-state index in [0.717, 1.165) is 11.3 Å². The SMILES string of the molecule is COC(=O)c1ccc(CN(C2COC(C)(C)OC2)S(=O)(=O)c2ccc(Cl)s2)cc1. The van der Waals surface area contributed by atoms with Gasteiger partial charge in [-0.1, -0.05) is 23.7 Å². The molecule has 3 rings (SSSR count). The standard InChI is InChI=1S/C19H22ClNO6S2/c1-19(2)26-11-15(12-27-19)21(29(23,24)17-9-8-16(20)28-17)10-13-4-6-14(7-5-13)18(22)25-3/h4-9,15H,10-12H2,1-3H3. The van der Waals surface area contributed by atoms with Crippen LogP contribution in [0.25, 0.3) is 0 Å². The molecule has 29 heavy (non-hydrogen) atoms. The van der Waals surface area contributed by atoms with Crippen LogP contribution in [0.4, 0.5) is 0 Å². The van der Waals surface area contributed by atoms with Crippen molar-refractivity contribution in [2.24, 2.45) is 0 Å². The van der Waals surface area contributed by atoms with Crippen molar-refractivity contribution in [3.05, 3.63) is 51.9 Å². The summed E-state index contributed by atoms with van der Waals surface area (Å²) in [5, 5.41) is 0. The summed E-state index contributed by atoms with van der Waals surface area (Å²) in [7, 11) is -2.52. The minimum Gasteiger partial charge on any atom is -0.465 e. The van der Waals surface area contributed by atoms with Crippen molar-refractivity contribution < 1.29 is 27.4 Å². The molecule has 0 radical (unpaired) electrons. The Hall–Kier alpha value is -1.49. The Morgan fingerprint density at radius 3 is 2.34 bits per heavy atom. The van der Waals surface area contributed by atoms with E-state index in [-0.39, 0.29) is 24.0 Å². The molecule has 0 N–H and O–H groups in total. The molecule has 0 spiro atoms. The Kier molecular flexibility index (Phi) is 6.67. The number of halogens is 1. The summed E-state index contributed by atoms with van der Waals surface area (Å²) in [4.78, 5) is 11.6. The largest absolute Gasteiger partial charge is 0.465 e. The van der Waals surface area contributed by atoms with Crippen LogP contribution in [0.2, 0.25) is 4.34 Å². The highest BCUT2D eigenvalue weighted by molar-refractivity contribution is 7.91. The first kappa shape index (κ1) is 22.2. The summed E-state index contributed by atoms with van der Waals surface area (Å²) in [6, 6.07) is 9.14. The fraction of sp³-hybridized carbons (Fsp3) is 0.421. The maximum Gasteiger partial charge on any atom is 0.337 e. The molecule has 1 fully saturated rings. The molecule has 2 heterocycles. The van der Waals surface area contributed by atoms with Gasteiger partial charge in [0.2, 0.25) is 0 Å². The number of methoxy groups -OCH3 is 1. The Morgan fingerprint density at radius 1 is 1.21 bits per heavy atom. The number of thiophene rings is 1. The zero-order valence-corrected chi connectivity index (χ0v) is 18.6. The molecule has 1 aliphatic rings. The molecule has 1 aliphatic heterocycles. The number of hydrogen-bond acceptors (Lipinski definition) is 7. The number of ether oxygens (including phenoxy) is 3. The molecule has 0 amide bonds. The van der Waals surface area contributed by atoms with Gasteiger partial charge in [0.1, 0.15) is 4.21 Å². The van der Waals surface area contributed by atoms with E-state index in [0.29, 0.717) is 15.5 Å². The van der Waals surface area contributed by atoms with Gasteiger partial charge in [-0.2, -0.15) is 4.31 Å². The number of benzene rings is 1. The second-order valence-electron chi connectivity index (χ2n) is 6.97. The first-order chi connectivity index (χ1) is 13.6. The number of rotatable bonds is 6. The molecule has 0 bridgehead atoms. The van der Waals surface area contributed by atoms with E-state index in [2.05, 4.69) is 0 Å². The van der Waals surface area contributed by atoms with Crippen molar-refractivity contribution in [3.63, 3.8) is 0 Å². The number of hydrogen-bond donors (Lipinski definition) is 0. The van der Waals surface area contributed by atoms with Crippen LogP contribution >= 0.6 is 22.9 Å². The van der Waals surface area contributed by atoms with Crippen LogP contribution in [0.15, 0.2) is 40.6 Å². The van der Waals surface area contributed by atoms with Crippen molar-refractivity contribution in [1.29, 1.82) is 0 Å². The first-order valence-electron chi connectivity index (χ1n) is 8.85. The molecule has 1 saturated heterocycles. The van der Waals surface area contributed by atoms with Gasteiger partial charge < -0.3 is 14.2 Å². The predicted octanol–water partition coefficient (Wildman–Crippen LogP) is 3.53. The van der Waals surface area contributed by atoms with Gasteiger partial charge in [0.15, 0.2) is 5.79 Å². The fourth-order valence-electron chi connectivity index (χ4n) is 2.86. The van der Waals surface area contributed by atoms with Crippen LogP contribution in [-0.4, -0.2) is 50.8 Å². The molecular weight excluding hydrogens is 438 g/mol. The Bertz CT molecular complexity index is 961. The lowest BCUT2D eigenvalue weighted by Gasteiger charge is -2.39. The van der Waals surface area contributed by atoms with Gasteiger partial charge in [0.05, 0.1) is 36.3 Å². The Morgan fingerprint density at radius 2 is 1.83 bits per heavy atom. The molecule has 2 aromatic rings. The van der Waals surface area contributed by atoms with Gasteiger partial charge in [-0.05, 0) is 43.7 Å². The maximum atomic E-state index is 13.3. The summed E-state index contributed by atoms with van der Waals surface area (Å²) < 4.78 is 44.6. The van der Waals surface area contributed by atoms with Crippen molar-refractivity contribution in [3.8, 4) is 0 Å². The molecule has 7 nitrogen and oxygen atoms in total. The Balaban J connectivity index is 1.90. The maximum absolute atomic E-state index is 13.3. The highest BCUT2D eigenvalue weighted by Crippen LogP contribution is 2.32. The Labute approximate surface area is 179 Å². The van der Waals surface area contributed by atoms with E-state index in [1.54, 1.807) is 44.2 Å². The van der Waals surface area contributed by atoms with E-state index >= 15 is 0 Å². The van der Waals surface area contributed by atoms with E-state index < -0.39 is 27.8 Å². The van der Waals surface area contributed by atoms with Crippen LogP contribution in [0.5, 0.6) is 0 Å². The quantitative estimate of drug-likeness (QED) is 0.614.